The zero-order valence-corrected chi connectivity index (χ0v) is 12.6. The first kappa shape index (κ1) is 16.1. The third kappa shape index (κ3) is 5.28. The molecular weight excluding hydrogens is 248 g/mol. The molecule has 0 radical (unpaired) electrons. The lowest BCUT2D eigenvalue weighted by Crippen LogP contribution is -2.49. The molecule has 0 aliphatic carbocycles. The second kappa shape index (κ2) is 5.59. The molecule has 1 heterocycles. The van der Waals surface area contributed by atoms with Crippen molar-refractivity contribution >= 4 is 11.8 Å². The molecule has 1 saturated heterocycles. The summed E-state index contributed by atoms with van der Waals surface area (Å²) in [4.78, 5) is 23.5. The van der Waals surface area contributed by atoms with Crippen LogP contribution in [0.15, 0.2) is 0 Å². The van der Waals surface area contributed by atoms with E-state index in [0.717, 1.165) is 0 Å². The molecule has 0 aromatic heterocycles. The summed E-state index contributed by atoms with van der Waals surface area (Å²) in [5, 5.41) is 0. The predicted octanol–water partition coefficient (Wildman–Crippen LogP) is 2.07. The van der Waals surface area contributed by atoms with E-state index in [9.17, 15) is 9.59 Å². The molecule has 0 saturated carbocycles. The van der Waals surface area contributed by atoms with Crippen LogP contribution in [0.25, 0.3) is 0 Å². The van der Waals surface area contributed by atoms with Crippen LogP contribution in [0, 0.1) is 5.92 Å². The van der Waals surface area contributed by atoms with E-state index in [0.29, 0.717) is 0 Å². The average molecular weight is 272 g/mol. The molecule has 0 amide bonds. The first-order valence-corrected chi connectivity index (χ1v) is 6.56. The number of hydrogen-bond donors (Lipinski definition) is 0. The molecule has 1 aliphatic rings. The first-order chi connectivity index (χ1) is 8.50. The molecule has 0 N–H and O–H groups in total. The van der Waals surface area contributed by atoms with Gasteiger partial charge in [0.15, 0.2) is 11.6 Å². The van der Waals surface area contributed by atoms with Gasteiger partial charge in [0.2, 0.25) is 0 Å². The Morgan fingerprint density at radius 2 is 2.05 bits per heavy atom. The second-order valence-corrected chi connectivity index (χ2v) is 6.46. The van der Waals surface area contributed by atoms with Crippen LogP contribution in [0.1, 0.15) is 48.0 Å². The second-order valence-electron chi connectivity index (χ2n) is 6.46. The summed E-state index contributed by atoms with van der Waals surface area (Å²) in [7, 11) is 0. The Morgan fingerprint density at radius 3 is 2.58 bits per heavy atom. The lowest BCUT2D eigenvalue weighted by atomic mass is 9.96. The van der Waals surface area contributed by atoms with E-state index in [1.165, 1.54) is 0 Å². The van der Waals surface area contributed by atoms with Crippen LogP contribution in [0.3, 0.4) is 0 Å². The summed E-state index contributed by atoms with van der Waals surface area (Å²) in [5.41, 5.74) is -0.517. The van der Waals surface area contributed by atoms with Crippen molar-refractivity contribution < 1.29 is 23.8 Å². The molecule has 1 rings (SSSR count). The fraction of sp³-hybridized carbons (Fsp3) is 0.857. The Labute approximate surface area is 114 Å². The summed E-state index contributed by atoms with van der Waals surface area (Å²) < 4.78 is 16.1. The van der Waals surface area contributed by atoms with E-state index in [4.69, 9.17) is 14.2 Å². The van der Waals surface area contributed by atoms with Crippen molar-refractivity contribution in [3.63, 3.8) is 0 Å². The average Bonchev–Trinajstić information content (AvgIpc) is 2.18. The van der Waals surface area contributed by atoms with E-state index < -0.39 is 17.5 Å². The normalized spacial score (nSPS) is 24.9. The third-order valence-corrected chi connectivity index (χ3v) is 2.72. The molecule has 19 heavy (non-hydrogen) atoms. The Bertz CT molecular complexity index is 353. The molecule has 1 fully saturated rings. The van der Waals surface area contributed by atoms with Gasteiger partial charge < -0.3 is 14.2 Å². The molecule has 0 aromatic carbocycles. The summed E-state index contributed by atoms with van der Waals surface area (Å²) in [5.74, 6) is -1.47. The number of carbonyl (C=O) groups excluding carboxylic acids is 2. The minimum atomic E-state index is -0.791. The number of ketones is 1. The number of hydrogen-bond acceptors (Lipinski definition) is 5. The summed E-state index contributed by atoms with van der Waals surface area (Å²) >= 11 is 0. The van der Waals surface area contributed by atoms with Crippen LogP contribution >= 0.6 is 0 Å². The van der Waals surface area contributed by atoms with Crippen molar-refractivity contribution in [2.45, 2.75) is 65.5 Å². The van der Waals surface area contributed by atoms with Gasteiger partial charge in [-0.2, -0.15) is 0 Å². The van der Waals surface area contributed by atoms with E-state index in [1.807, 2.05) is 27.7 Å². The van der Waals surface area contributed by atoms with E-state index in [2.05, 4.69) is 0 Å². The van der Waals surface area contributed by atoms with Gasteiger partial charge in [-0.15, -0.1) is 0 Å². The van der Waals surface area contributed by atoms with Crippen molar-refractivity contribution in [1.82, 2.24) is 0 Å². The zero-order chi connectivity index (χ0) is 14.8. The van der Waals surface area contributed by atoms with Crippen LogP contribution < -0.4 is 0 Å². The Kier molecular flexibility index (Phi) is 4.74. The topological polar surface area (TPSA) is 61.8 Å². The fourth-order valence-electron chi connectivity index (χ4n) is 1.92. The van der Waals surface area contributed by atoms with Gasteiger partial charge in [-0.05, 0) is 34.6 Å². The lowest BCUT2D eigenvalue weighted by Gasteiger charge is -2.37. The van der Waals surface area contributed by atoms with Crippen LogP contribution in [0.2, 0.25) is 0 Å². The van der Waals surface area contributed by atoms with Crippen molar-refractivity contribution in [3.05, 3.63) is 0 Å². The van der Waals surface area contributed by atoms with E-state index >= 15 is 0 Å². The molecule has 1 unspecified atom stereocenters. The molecule has 0 bridgehead atoms. The molecule has 1 aliphatic heterocycles. The predicted molar refractivity (Wildman–Crippen MR) is 69.5 cm³/mol. The van der Waals surface area contributed by atoms with Gasteiger partial charge in [0.1, 0.15) is 18.3 Å². The maximum Gasteiger partial charge on any atom is 0.306 e. The standard InChI is InChI=1S/C14H24O5/c1-9(7-11(16)18-13(2,3)4)12-10(15)8-17-14(5,6)19-12/h9,12H,7-8H2,1-6H3/t9?,12-/m0/s1. The fourth-order valence-corrected chi connectivity index (χ4v) is 1.92. The van der Waals surface area contributed by atoms with Gasteiger partial charge in [-0.3, -0.25) is 9.59 Å². The summed E-state index contributed by atoms with van der Waals surface area (Å²) in [6.07, 6.45) is -0.458. The van der Waals surface area contributed by atoms with Gasteiger partial charge in [-0.25, -0.2) is 0 Å². The molecule has 0 spiro atoms. The highest BCUT2D eigenvalue weighted by atomic mass is 16.7. The minimum absolute atomic E-state index is 0.0241. The van der Waals surface area contributed by atoms with Crippen molar-refractivity contribution in [2.75, 3.05) is 6.61 Å². The Morgan fingerprint density at radius 1 is 1.47 bits per heavy atom. The lowest BCUT2D eigenvalue weighted by molar-refractivity contribution is -0.265. The van der Waals surface area contributed by atoms with Crippen molar-refractivity contribution in [3.8, 4) is 0 Å². The van der Waals surface area contributed by atoms with E-state index in [-0.39, 0.29) is 30.7 Å². The molecule has 110 valence electrons. The number of esters is 1. The summed E-state index contributed by atoms with van der Waals surface area (Å²) in [6.45, 7) is 10.8. The SMILES string of the molecule is CC(CC(=O)OC(C)(C)C)[C@@H]1OC(C)(C)OCC1=O. The van der Waals surface area contributed by atoms with Gasteiger partial charge in [-0.1, -0.05) is 6.92 Å². The molecule has 5 heteroatoms. The quantitative estimate of drug-likeness (QED) is 0.736. The molecule has 5 nitrogen and oxygen atoms in total. The monoisotopic (exact) mass is 272 g/mol. The largest absolute Gasteiger partial charge is 0.460 e. The highest BCUT2D eigenvalue weighted by Crippen LogP contribution is 2.26. The minimum Gasteiger partial charge on any atom is -0.460 e. The van der Waals surface area contributed by atoms with Gasteiger partial charge in [0.25, 0.3) is 0 Å². The van der Waals surface area contributed by atoms with Crippen LogP contribution in [0.4, 0.5) is 0 Å². The number of ether oxygens (including phenoxy) is 3. The maximum atomic E-state index is 11.8. The number of carbonyl (C=O) groups is 2. The molecule has 0 aromatic rings. The van der Waals surface area contributed by atoms with Gasteiger partial charge >= 0.3 is 5.97 Å². The highest BCUT2D eigenvalue weighted by molar-refractivity contribution is 5.85. The smallest absolute Gasteiger partial charge is 0.306 e. The number of Topliss-reactive ketones (excluding diaryl/α,β-unsaturated/α-hetero) is 1. The molecular formula is C14H24O5. The maximum absolute atomic E-state index is 11.8. The molecule has 2 atom stereocenters. The van der Waals surface area contributed by atoms with Crippen LogP contribution in [-0.4, -0.2) is 35.9 Å². The van der Waals surface area contributed by atoms with Crippen LogP contribution in [-0.2, 0) is 23.8 Å². The van der Waals surface area contributed by atoms with Crippen molar-refractivity contribution in [1.29, 1.82) is 0 Å². The third-order valence-electron chi connectivity index (χ3n) is 2.72. The van der Waals surface area contributed by atoms with Gasteiger partial charge in [0, 0.05) is 5.92 Å². The zero-order valence-electron chi connectivity index (χ0n) is 12.6. The van der Waals surface area contributed by atoms with E-state index in [1.54, 1.807) is 13.8 Å². The Balaban J connectivity index is 2.59. The number of rotatable bonds is 3. The highest BCUT2D eigenvalue weighted by Gasteiger charge is 2.39. The first-order valence-electron chi connectivity index (χ1n) is 6.56. The van der Waals surface area contributed by atoms with Gasteiger partial charge in [0.05, 0.1) is 6.42 Å². The van der Waals surface area contributed by atoms with Crippen molar-refractivity contribution in [2.24, 2.45) is 5.92 Å². The van der Waals surface area contributed by atoms with Crippen LogP contribution in [0.5, 0.6) is 0 Å². The summed E-state index contributed by atoms with van der Waals surface area (Å²) in [6, 6.07) is 0. The Hall–Kier alpha value is -0.940.